The Labute approximate surface area is 182 Å². The van der Waals surface area contributed by atoms with Crippen molar-refractivity contribution >= 4 is 50.7 Å². The maximum absolute atomic E-state index is 12.7. The van der Waals surface area contributed by atoms with Crippen molar-refractivity contribution in [2.45, 2.75) is 33.4 Å². The fraction of sp³-hybridized carbons (Fsp3) is 0.350. The Kier molecular flexibility index (Phi) is 6.63. The number of H-pyrrole nitrogens is 1. The average Bonchev–Trinajstić information content (AvgIpc) is 3.01. The first-order chi connectivity index (χ1) is 13.7. The second kappa shape index (κ2) is 8.83. The fourth-order valence-electron chi connectivity index (χ4n) is 3.02. The average molecular weight is 454 g/mol. The molecule has 2 aromatic heterocycles. The molecule has 3 rings (SSSR count). The van der Waals surface area contributed by atoms with E-state index in [-0.39, 0.29) is 18.2 Å². The SMILES string of the molecule is CCOC(=O)c1sc2nc([C@H](C)N(C)Cc3ccc(Cl)c(Cl)c3)[nH]c(=O)c2c1C. The lowest BCUT2D eigenvalue weighted by Gasteiger charge is -2.24. The van der Waals surface area contributed by atoms with Crippen molar-refractivity contribution in [2.75, 3.05) is 13.7 Å². The van der Waals surface area contributed by atoms with Crippen molar-refractivity contribution < 1.29 is 9.53 Å². The number of fused-ring (bicyclic) bond motifs is 1. The van der Waals surface area contributed by atoms with Gasteiger partial charge in [0.15, 0.2) is 0 Å². The summed E-state index contributed by atoms with van der Waals surface area (Å²) in [5.74, 6) is 0.0976. The molecule has 2 heterocycles. The van der Waals surface area contributed by atoms with E-state index in [1.165, 1.54) is 11.3 Å². The molecule has 0 aliphatic rings. The number of nitrogens with one attached hydrogen (secondary N) is 1. The number of carbonyl (C=O) groups is 1. The molecule has 1 atom stereocenters. The lowest BCUT2D eigenvalue weighted by atomic mass is 10.1. The van der Waals surface area contributed by atoms with Gasteiger partial charge in [0.25, 0.3) is 5.56 Å². The van der Waals surface area contributed by atoms with E-state index in [0.717, 1.165) is 5.56 Å². The van der Waals surface area contributed by atoms with E-state index in [0.29, 0.717) is 43.1 Å². The van der Waals surface area contributed by atoms with Crippen LogP contribution in [0.25, 0.3) is 10.2 Å². The van der Waals surface area contributed by atoms with Crippen LogP contribution >= 0.6 is 34.5 Å². The monoisotopic (exact) mass is 453 g/mol. The Balaban J connectivity index is 1.91. The number of hydrogen-bond donors (Lipinski definition) is 1. The lowest BCUT2D eigenvalue weighted by Crippen LogP contribution is -2.25. The molecule has 0 unspecified atom stereocenters. The predicted molar refractivity (Wildman–Crippen MR) is 117 cm³/mol. The molecule has 0 fully saturated rings. The molecular formula is C20H21Cl2N3O3S. The summed E-state index contributed by atoms with van der Waals surface area (Å²) in [6, 6.07) is 5.32. The van der Waals surface area contributed by atoms with E-state index in [2.05, 4.69) is 9.97 Å². The number of rotatable bonds is 6. The van der Waals surface area contributed by atoms with Crippen LogP contribution in [0.3, 0.4) is 0 Å². The number of aromatic nitrogens is 2. The maximum Gasteiger partial charge on any atom is 0.348 e. The summed E-state index contributed by atoms with van der Waals surface area (Å²) in [4.78, 5) is 35.3. The van der Waals surface area contributed by atoms with E-state index in [9.17, 15) is 9.59 Å². The molecule has 6 nitrogen and oxygen atoms in total. The van der Waals surface area contributed by atoms with Crippen molar-refractivity contribution in [3.05, 3.63) is 60.4 Å². The summed E-state index contributed by atoms with van der Waals surface area (Å²) in [5.41, 5.74) is 1.33. The number of esters is 1. The minimum Gasteiger partial charge on any atom is -0.462 e. The highest BCUT2D eigenvalue weighted by Gasteiger charge is 2.22. The fourth-order valence-corrected chi connectivity index (χ4v) is 4.42. The van der Waals surface area contributed by atoms with E-state index in [1.54, 1.807) is 19.9 Å². The van der Waals surface area contributed by atoms with E-state index < -0.39 is 5.97 Å². The van der Waals surface area contributed by atoms with Gasteiger partial charge in [-0.3, -0.25) is 9.69 Å². The zero-order valence-corrected chi connectivity index (χ0v) is 18.8. The van der Waals surface area contributed by atoms with Gasteiger partial charge in [0.1, 0.15) is 15.5 Å². The Bertz CT molecular complexity index is 1130. The van der Waals surface area contributed by atoms with Gasteiger partial charge in [-0.05, 0) is 51.1 Å². The molecule has 1 N–H and O–H groups in total. The zero-order chi connectivity index (χ0) is 21.3. The third-order valence-corrected chi connectivity index (χ3v) is 6.66. The van der Waals surface area contributed by atoms with Gasteiger partial charge in [-0.25, -0.2) is 9.78 Å². The standard InChI is InChI=1S/C20H21Cl2N3O3S/c1-5-28-20(27)16-10(2)15-18(26)23-17(24-19(15)29-16)11(3)25(4)9-12-6-7-13(21)14(22)8-12/h6-8,11H,5,9H2,1-4H3,(H,23,24,26)/t11-/m0/s1. The third kappa shape index (κ3) is 4.48. The Hall–Kier alpha value is -1.93. The van der Waals surface area contributed by atoms with Crippen LogP contribution < -0.4 is 5.56 Å². The largest absolute Gasteiger partial charge is 0.462 e. The van der Waals surface area contributed by atoms with E-state index in [1.807, 2.05) is 31.0 Å². The van der Waals surface area contributed by atoms with Crippen molar-refractivity contribution in [3.63, 3.8) is 0 Å². The molecule has 29 heavy (non-hydrogen) atoms. The number of thiophene rings is 1. The van der Waals surface area contributed by atoms with Crippen LogP contribution in [0.5, 0.6) is 0 Å². The second-order valence-corrected chi connectivity index (χ2v) is 8.56. The number of hydrogen-bond acceptors (Lipinski definition) is 6. The molecule has 3 aromatic rings. The number of halogens is 2. The van der Waals surface area contributed by atoms with Gasteiger partial charge >= 0.3 is 5.97 Å². The van der Waals surface area contributed by atoms with Crippen molar-refractivity contribution in [2.24, 2.45) is 0 Å². The van der Waals surface area contributed by atoms with Crippen LogP contribution in [0.4, 0.5) is 0 Å². The lowest BCUT2D eigenvalue weighted by molar-refractivity contribution is 0.0531. The number of aromatic amines is 1. The smallest absolute Gasteiger partial charge is 0.348 e. The summed E-state index contributed by atoms with van der Waals surface area (Å²) in [7, 11) is 1.93. The number of benzene rings is 1. The highest BCUT2D eigenvalue weighted by Crippen LogP contribution is 2.29. The molecule has 0 radical (unpaired) electrons. The van der Waals surface area contributed by atoms with Crippen LogP contribution in [0, 0.1) is 6.92 Å². The normalized spacial score (nSPS) is 12.5. The van der Waals surface area contributed by atoms with Gasteiger partial charge in [0, 0.05) is 6.54 Å². The summed E-state index contributed by atoms with van der Waals surface area (Å²) in [6.07, 6.45) is 0. The second-order valence-electron chi connectivity index (χ2n) is 6.75. The summed E-state index contributed by atoms with van der Waals surface area (Å²) < 4.78 is 5.08. The Morgan fingerprint density at radius 1 is 1.34 bits per heavy atom. The molecule has 0 aliphatic carbocycles. The minimum absolute atomic E-state index is 0.171. The molecule has 0 saturated heterocycles. The van der Waals surface area contributed by atoms with Crippen molar-refractivity contribution in [1.29, 1.82) is 0 Å². The number of ether oxygens (including phenoxy) is 1. The molecule has 0 aliphatic heterocycles. The van der Waals surface area contributed by atoms with Crippen molar-refractivity contribution in [3.8, 4) is 0 Å². The third-order valence-electron chi connectivity index (χ3n) is 4.75. The molecule has 0 spiro atoms. The highest BCUT2D eigenvalue weighted by atomic mass is 35.5. The van der Waals surface area contributed by atoms with E-state index in [4.69, 9.17) is 27.9 Å². The van der Waals surface area contributed by atoms with Gasteiger partial charge in [-0.1, -0.05) is 29.3 Å². The van der Waals surface area contributed by atoms with Crippen LogP contribution in [0.15, 0.2) is 23.0 Å². The Morgan fingerprint density at radius 2 is 2.07 bits per heavy atom. The summed E-state index contributed by atoms with van der Waals surface area (Å²) in [5, 5.41) is 1.44. The molecule has 9 heteroatoms. The van der Waals surface area contributed by atoms with Crippen LogP contribution in [-0.4, -0.2) is 34.5 Å². The molecule has 0 saturated carbocycles. The summed E-state index contributed by atoms with van der Waals surface area (Å²) in [6.45, 7) is 6.31. The number of nitrogens with zero attached hydrogens (tertiary/aromatic N) is 2. The first-order valence-electron chi connectivity index (χ1n) is 9.07. The zero-order valence-electron chi connectivity index (χ0n) is 16.5. The van der Waals surface area contributed by atoms with Gasteiger partial charge in [0.05, 0.1) is 28.1 Å². The minimum atomic E-state index is -0.432. The van der Waals surface area contributed by atoms with Gasteiger partial charge in [-0.2, -0.15) is 0 Å². The summed E-state index contributed by atoms with van der Waals surface area (Å²) >= 11 is 13.3. The van der Waals surface area contributed by atoms with Crippen LogP contribution in [0.1, 0.15) is 46.5 Å². The quantitative estimate of drug-likeness (QED) is 0.533. The van der Waals surface area contributed by atoms with Gasteiger partial charge in [-0.15, -0.1) is 11.3 Å². The maximum atomic E-state index is 12.7. The first kappa shape index (κ1) is 21.8. The molecule has 0 amide bonds. The van der Waals surface area contributed by atoms with Crippen LogP contribution in [0.2, 0.25) is 10.0 Å². The Morgan fingerprint density at radius 3 is 2.72 bits per heavy atom. The molecule has 0 bridgehead atoms. The number of carbonyl (C=O) groups excluding carboxylic acids is 1. The van der Waals surface area contributed by atoms with Crippen molar-refractivity contribution in [1.82, 2.24) is 14.9 Å². The van der Waals surface area contributed by atoms with Gasteiger partial charge < -0.3 is 9.72 Å². The molecule has 1 aromatic carbocycles. The predicted octanol–water partition coefficient (Wildman–Crippen LogP) is 4.97. The van der Waals surface area contributed by atoms with E-state index >= 15 is 0 Å². The number of aryl methyl sites for hydroxylation is 1. The highest BCUT2D eigenvalue weighted by molar-refractivity contribution is 7.20. The molecule has 154 valence electrons. The van der Waals surface area contributed by atoms with Gasteiger partial charge in [0.2, 0.25) is 0 Å². The van der Waals surface area contributed by atoms with Crippen LogP contribution in [-0.2, 0) is 11.3 Å². The first-order valence-corrected chi connectivity index (χ1v) is 10.6. The molecular weight excluding hydrogens is 433 g/mol. The topological polar surface area (TPSA) is 75.3 Å².